The second-order valence-electron chi connectivity index (χ2n) is 6.52. The molecule has 1 aliphatic rings. The zero-order valence-corrected chi connectivity index (χ0v) is 14.5. The van der Waals surface area contributed by atoms with E-state index in [0.717, 1.165) is 37.4 Å². The van der Waals surface area contributed by atoms with Gasteiger partial charge in [0.1, 0.15) is 5.82 Å². The van der Waals surface area contributed by atoms with Gasteiger partial charge in [-0.15, -0.1) is 0 Å². The molecule has 0 aliphatic carbocycles. The Bertz CT molecular complexity index is 682. The Balaban J connectivity index is 1.73. The van der Waals surface area contributed by atoms with Crippen molar-refractivity contribution in [2.75, 3.05) is 38.5 Å². The van der Waals surface area contributed by atoms with Crippen LogP contribution in [0, 0.1) is 5.82 Å². The van der Waals surface area contributed by atoms with Crippen molar-refractivity contribution in [1.29, 1.82) is 0 Å². The highest BCUT2D eigenvalue weighted by Gasteiger charge is 2.26. The number of nitrogens with one attached hydrogen (secondary N) is 1. The third kappa shape index (κ3) is 4.87. The number of carbonyl (C=O) groups excluding carboxylic acids is 1. The van der Waals surface area contributed by atoms with Gasteiger partial charge in [0.2, 0.25) is 5.91 Å². The molecular formula is C20H24FN3O. The molecule has 2 aromatic carbocycles. The van der Waals surface area contributed by atoms with Crippen LogP contribution in [-0.4, -0.2) is 48.9 Å². The molecule has 1 aliphatic heterocycles. The van der Waals surface area contributed by atoms with Gasteiger partial charge in [0.15, 0.2) is 0 Å². The highest BCUT2D eigenvalue weighted by molar-refractivity contribution is 5.91. The summed E-state index contributed by atoms with van der Waals surface area (Å²) < 4.78 is 13.3. The minimum absolute atomic E-state index is 0.0283. The molecule has 1 N–H and O–H groups in total. The SMILES string of the molecule is CN1CCN([C@@H](CC(=O)Nc2ccccc2)c2ccc(F)cc2)CC1. The quantitative estimate of drug-likeness (QED) is 0.907. The summed E-state index contributed by atoms with van der Waals surface area (Å²) in [5.41, 5.74) is 1.78. The average Bonchev–Trinajstić information content (AvgIpc) is 2.62. The molecule has 1 amide bonds. The monoisotopic (exact) mass is 341 g/mol. The van der Waals surface area contributed by atoms with Crippen LogP contribution in [0.2, 0.25) is 0 Å². The Morgan fingerprint density at radius 3 is 2.32 bits per heavy atom. The highest BCUT2D eigenvalue weighted by atomic mass is 19.1. The standard InChI is InChI=1S/C20H24FN3O/c1-23-11-13-24(14-12-23)19(16-7-9-17(21)10-8-16)15-20(25)22-18-5-3-2-4-6-18/h2-10,19H,11-15H2,1H3,(H,22,25)/t19-/m0/s1. The average molecular weight is 341 g/mol. The first kappa shape index (κ1) is 17.6. The molecule has 5 heteroatoms. The molecular weight excluding hydrogens is 317 g/mol. The van der Waals surface area contributed by atoms with E-state index < -0.39 is 0 Å². The van der Waals surface area contributed by atoms with Crippen molar-refractivity contribution in [2.45, 2.75) is 12.5 Å². The van der Waals surface area contributed by atoms with E-state index in [9.17, 15) is 9.18 Å². The van der Waals surface area contributed by atoms with Gasteiger partial charge in [-0.1, -0.05) is 30.3 Å². The molecule has 4 nitrogen and oxygen atoms in total. The van der Waals surface area contributed by atoms with E-state index in [1.165, 1.54) is 12.1 Å². The van der Waals surface area contributed by atoms with Gasteiger partial charge in [-0.2, -0.15) is 0 Å². The number of hydrogen-bond acceptors (Lipinski definition) is 3. The first-order valence-electron chi connectivity index (χ1n) is 8.65. The molecule has 0 spiro atoms. The van der Waals surface area contributed by atoms with E-state index in [2.05, 4.69) is 22.2 Å². The lowest BCUT2D eigenvalue weighted by molar-refractivity contribution is -0.117. The molecule has 0 bridgehead atoms. The number of rotatable bonds is 5. The Labute approximate surface area is 148 Å². The van der Waals surface area contributed by atoms with E-state index in [1.807, 2.05) is 30.3 Å². The van der Waals surface area contributed by atoms with E-state index in [0.29, 0.717) is 6.42 Å². The van der Waals surface area contributed by atoms with Crippen LogP contribution in [-0.2, 0) is 4.79 Å². The zero-order valence-electron chi connectivity index (χ0n) is 14.5. The second-order valence-corrected chi connectivity index (χ2v) is 6.52. The van der Waals surface area contributed by atoms with Crippen molar-refractivity contribution in [3.8, 4) is 0 Å². The third-order valence-corrected chi connectivity index (χ3v) is 4.67. The Kier molecular flexibility index (Phi) is 5.79. The Morgan fingerprint density at radius 1 is 1.04 bits per heavy atom. The summed E-state index contributed by atoms with van der Waals surface area (Å²) >= 11 is 0. The lowest BCUT2D eigenvalue weighted by Crippen LogP contribution is -2.46. The van der Waals surface area contributed by atoms with Crippen LogP contribution in [0.1, 0.15) is 18.0 Å². The van der Waals surface area contributed by atoms with Crippen molar-refractivity contribution in [1.82, 2.24) is 9.80 Å². The van der Waals surface area contributed by atoms with Gasteiger partial charge in [0, 0.05) is 44.3 Å². The van der Waals surface area contributed by atoms with Gasteiger partial charge >= 0.3 is 0 Å². The highest BCUT2D eigenvalue weighted by Crippen LogP contribution is 2.26. The number of likely N-dealkylation sites (N-methyl/N-ethyl adjacent to an activating group) is 1. The maximum Gasteiger partial charge on any atom is 0.226 e. The number of carbonyl (C=O) groups is 1. The maximum absolute atomic E-state index is 13.3. The number of halogens is 1. The number of nitrogens with zero attached hydrogens (tertiary/aromatic N) is 2. The molecule has 0 radical (unpaired) electrons. The van der Waals surface area contributed by atoms with Crippen LogP contribution in [0.25, 0.3) is 0 Å². The first-order valence-corrected chi connectivity index (χ1v) is 8.65. The van der Waals surface area contributed by atoms with Gasteiger partial charge < -0.3 is 10.2 Å². The fraction of sp³-hybridized carbons (Fsp3) is 0.350. The molecule has 25 heavy (non-hydrogen) atoms. The van der Waals surface area contributed by atoms with Gasteiger partial charge in [-0.3, -0.25) is 9.69 Å². The van der Waals surface area contributed by atoms with Crippen LogP contribution in [0.4, 0.5) is 10.1 Å². The molecule has 132 valence electrons. The van der Waals surface area contributed by atoms with Gasteiger partial charge in [0.05, 0.1) is 0 Å². The number of anilines is 1. The predicted octanol–water partition coefficient (Wildman–Crippen LogP) is 3.14. The van der Waals surface area contributed by atoms with Gasteiger partial charge in [0.25, 0.3) is 0 Å². The number of piperazine rings is 1. The second kappa shape index (κ2) is 8.23. The number of para-hydroxylation sites is 1. The fourth-order valence-electron chi connectivity index (χ4n) is 3.19. The van der Waals surface area contributed by atoms with Crippen LogP contribution in [0.15, 0.2) is 54.6 Å². The van der Waals surface area contributed by atoms with Gasteiger partial charge in [-0.25, -0.2) is 4.39 Å². The molecule has 1 saturated heterocycles. The zero-order chi connectivity index (χ0) is 17.6. The molecule has 0 unspecified atom stereocenters. The summed E-state index contributed by atoms with van der Waals surface area (Å²) in [6, 6.07) is 15.9. The molecule has 0 aromatic heterocycles. The number of benzene rings is 2. The van der Waals surface area contributed by atoms with Crippen molar-refractivity contribution in [3.63, 3.8) is 0 Å². The largest absolute Gasteiger partial charge is 0.326 e. The molecule has 2 aromatic rings. The third-order valence-electron chi connectivity index (χ3n) is 4.67. The van der Waals surface area contributed by atoms with Crippen LogP contribution in [0.3, 0.4) is 0 Å². The summed E-state index contributed by atoms with van der Waals surface area (Å²) in [7, 11) is 2.10. The van der Waals surface area contributed by atoms with Crippen LogP contribution in [0.5, 0.6) is 0 Å². The summed E-state index contributed by atoms with van der Waals surface area (Å²) in [5, 5.41) is 2.95. The first-order chi connectivity index (χ1) is 12.1. The molecule has 0 saturated carbocycles. The lowest BCUT2D eigenvalue weighted by atomic mass is 10.0. The van der Waals surface area contributed by atoms with E-state index in [1.54, 1.807) is 12.1 Å². The van der Waals surface area contributed by atoms with E-state index in [4.69, 9.17) is 0 Å². The summed E-state index contributed by atoms with van der Waals surface area (Å²) in [4.78, 5) is 17.1. The van der Waals surface area contributed by atoms with Crippen molar-refractivity contribution in [3.05, 3.63) is 66.0 Å². The Morgan fingerprint density at radius 2 is 1.68 bits per heavy atom. The molecule has 1 fully saturated rings. The van der Waals surface area contributed by atoms with Crippen molar-refractivity contribution < 1.29 is 9.18 Å². The number of hydrogen-bond donors (Lipinski definition) is 1. The van der Waals surface area contributed by atoms with E-state index in [-0.39, 0.29) is 17.8 Å². The maximum atomic E-state index is 13.3. The smallest absolute Gasteiger partial charge is 0.226 e. The van der Waals surface area contributed by atoms with Crippen LogP contribution >= 0.6 is 0 Å². The summed E-state index contributed by atoms with van der Waals surface area (Å²) in [5.74, 6) is -0.283. The Hall–Kier alpha value is -2.24. The van der Waals surface area contributed by atoms with Gasteiger partial charge in [-0.05, 0) is 36.9 Å². The molecule has 3 rings (SSSR count). The topological polar surface area (TPSA) is 35.6 Å². The predicted molar refractivity (Wildman–Crippen MR) is 97.9 cm³/mol. The summed E-state index contributed by atoms with van der Waals surface area (Å²) in [6.45, 7) is 3.74. The molecule has 1 atom stereocenters. The van der Waals surface area contributed by atoms with E-state index >= 15 is 0 Å². The van der Waals surface area contributed by atoms with Crippen molar-refractivity contribution >= 4 is 11.6 Å². The summed E-state index contributed by atoms with van der Waals surface area (Å²) in [6.07, 6.45) is 0.351. The minimum atomic E-state index is -0.255. The lowest BCUT2D eigenvalue weighted by Gasteiger charge is -2.38. The molecule has 1 heterocycles. The number of amides is 1. The minimum Gasteiger partial charge on any atom is -0.326 e. The van der Waals surface area contributed by atoms with Crippen molar-refractivity contribution in [2.24, 2.45) is 0 Å². The fourth-order valence-corrected chi connectivity index (χ4v) is 3.19. The van der Waals surface area contributed by atoms with Crippen LogP contribution < -0.4 is 5.32 Å². The normalized spacial score (nSPS) is 17.2.